The van der Waals surface area contributed by atoms with Crippen LogP contribution in [0.4, 0.5) is 5.69 Å². The summed E-state index contributed by atoms with van der Waals surface area (Å²) in [5.74, 6) is 2.00. The molecule has 1 aliphatic heterocycles. The fourth-order valence-electron chi connectivity index (χ4n) is 3.02. The molecule has 150 valence electrons. The van der Waals surface area contributed by atoms with Crippen LogP contribution in [-0.4, -0.2) is 45.7 Å². The molecule has 3 rings (SSSR count). The molecule has 1 unspecified atom stereocenters. The molecule has 0 saturated carbocycles. The third-order valence-corrected chi connectivity index (χ3v) is 5.76. The molecule has 3 N–H and O–H groups in total. The lowest BCUT2D eigenvalue weighted by Gasteiger charge is -2.14. The fourth-order valence-corrected chi connectivity index (χ4v) is 4.22. The third kappa shape index (κ3) is 6.60. The van der Waals surface area contributed by atoms with Gasteiger partial charge >= 0.3 is 0 Å². The molecule has 0 aliphatic carbocycles. The molecule has 8 heteroatoms. The molecule has 1 aliphatic rings. The smallest absolute Gasteiger partial charge is 0.246 e. The van der Waals surface area contributed by atoms with Crippen molar-refractivity contribution in [3.8, 4) is 0 Å². The Labute approximate surface area is 170 Å². The van der Waals surface area contributed by atoms with E-state index < -0.39 is 0 Å². The van der Waals surface area contributed by atoms with Crippen LogP contribution in [0.1, 0.15) is 25.3 Å². The number of thioether (sulfide) groups is 1. The molecule has 1 amide bonds. The number of hydrogen-bond acceptors (Lipinski definition) is 4. The Hall–Kier alpha value is -2.48. The van der Waals surface area contributed by atoms with E-state index in [1.54, 1.807) is 23.1 Å². The molecular formula is C20H28N6OS. The standard InChI is InChI=1S/C20H28N6OS/c1-2-21-20(23-14-18-8-4-11-28-18)22-13-16-6-3-7-17(12-16)25-19(27)15-26-10-5-9-24-26/h3,5-7,9-10,12,18H,2,4,8,11,13-15H2,1H3,(H,25,27)(H2,21,22,23). The third-order valence-electron chi connectivity index (χ3n) is 4.36. The van der Waals surface area contributed by atoms with Gasteiger partial charge in [0.15, 0.2) is 5.96 Å². The van der Waals surface area contributed by atoms with Gasteiger partial charge in [0.05, 0.1) is 6.54 Å². The number of nitrogens with one attached hydrogen (secondary N) is 3. The van der Waals surface area contributed by atoms with Crippen molar-refractivity contribution in [2.75, 3.05) is 24.2 Å². The van der Waals surface area contributed by atoms with Crippen LogP contribution in [-0.2, 0) is 17.9 Å². The number of anilines is 1. The van der Waals surface area contributed by atoms with Gasteiger partial charge in [0.2, 0.25) is 5.91 Å². The normalized spacial score (nSPS) is 16.8. The van der Waals surface area contributed by atoms with Gasteiger partial charge in [-0.15, -0.1) is 0 Å². The number of aliphatic imine (C=N–C) groups is 1. The predicted octanol–water partition coefficient (Wildman–Crippen LogP) is 2.47. The zero-order valence-corrected chi connectivity index (χ0v) is 17.0. The van der Waals surface area contributed by atoms with E-state index in [4.69, 9.17) is 0 Å². The Kier molecular flexibility index (Phi) is 7.78. The Morgan fingerprint density at radius 1 is 1.36 bits per heavy atom. The first-order valence-corrected chi connectivity index (χ1v) is 10.8. The summed E-state index contributed by atoms with van der Waals surface area (Å²) in [6, 6.07) is 9.59. The fraction of sp³-hybridized carbons (Fsp3) is 0.450. The van der Waals surface area contributed by atoms with Crippen LogP contribution in [0.25, 0.3) is 0 Å². The molecule has 1 aromatic heterocycles. The minimum absolute atomic E-state index is 0.103. The summed E-state index contributed by atoms with van der Waals surface area (Å²) in [6.07, 6.45) is 6.01. The van der Waals surface area contributed by atoms with Crippen LogP contribution in [0.2, 0.25) is 0 Å². The molecule has 0 radical (unpaired) electrons. The van der Waals surface area contributed by atoms with Gasteiger partial charge in [0.1, 0.15) is 6.54 Å². The molecule has 1 atom stereocenters. The first-order valence-electron chi connectivity index (χ1n) is 9.73. The first kappa shape index (κ1) is 20.3. The van der Waals surface area contributed by atoms with Crippen molar-refractivity contribution in [2.24, 2.45) is 4.99 Å². The van der Waals surface area contributed by atoms with Crippen LogP contribution < -0.4 is 16.0 Å². The Morgan fingerprint density at radius 2 is 2.29 bits per heavy atom. The predicted molar refractivity (Wildman–Crippen MR) is 116 cm³/mol. The average molecular weight is 401 g/mol. The summed E-state index contributed by atoms with van der Waals surface area (Å²) < 4.78 is 1.60. The first-order chi connectivity index (χ1) is 13.7. The lowest BCUT2D eigenvalue weighted by atomic mass is 10.2. The second-order valence-corrected chi connectivity index (χ2v) is 8.07. The summed E-state index contributed by atoms with van der Waals surface area (Å²) in [4.78, 5) is 16.8. The van der Waals surface area contributed by atoms with E-state index >= 15 is 0 Å². The molecule has 28 heavy (non-hydrogen) atoms. The van der Waals surface area contributed by atoms with E-state index in [9.17, 15) is 4.79 Å². The Morgan fingerprint density at radius 3 is 3.04 bits per heavy atom. The second kappa shape index (κ2) is 10.8. The summed E-state index contributed by atoms with van der Waals surface area (Å²) in [6.45, 7) is 4.59. The molecule has 7 nitrogen and oxygen atoms in total. The van der Waals surface area contributed by atoms with Gasteiger partial charge in [0, 0.05) is 36.4 Å². The van der Waals surface area contributed by atoms with Gasteiger partial charge in [-0.1, -0.05) is 12.1 Å². The van der Waals surface area contributed by atoms with E-state index in [0.29, 0.717) is 11.8 Å². The highest BCUT2D eigenvalue weighted by Gasteiger charge is 2.15. The van der Waals surface area contributed by atoms with Crippen molar-refractivity contribution in [3.63, 3.8) is 0 Å². The van der Waals surface area contributed by atoms with Gasteiger partial charge in [-0.25, -0.2) is 4.99 Å². The molecule has 1 aromatic carbocycles. The lowest BCUT2D eigenvalue weighted by molar-refractivity contribution is -0.116. The van der Waals surface area contributed by atoms with Crippen molar-refractivity contribution in [2.45, 2.75) is 38.1 Å². The number of amides is 1. The lowest BCUT2D eigenvalue weighted by Crippen LogP contribution is -2.40. The van der Waals surface area contributed by atoms with E-state index in [0.717, 1.165) is 30.3 Å². The van der Waals surface area contributed by atoms with Crippen molar-refractivity contribution >= 4 is 29.3 Å². The zero-order chi connectivity index (χ0) is 19.6. The number of nitrogens with zero attached hydrogens (tertiary/aromatic N) is 3. The average Bonchev–Trinajstić information content (AvgIpc) is 3.38. The number of benzene rings is 1. The highest BCUT2D eigenvalue weighted by atomic mass is 32.2. The van der Waals surface area contributed by atoms with Gasteiger partial charge in [-0.3, -0.25) is 9.48 Å². The maximum Gasteiger partial charge on any atom is 0.246 e. The SMILES string of the molecule is CCNC(=NCc1cccc(NC(=O)Cn2cccn2)c1)NCC1CCCS1. The zero-order valence-electron chi connectivity index (χ0n) is 16.2. The van der Waals surface area contributed by atoms with E-state index in [1.807, 2.05) is 36.0 Å². The van der Waals surface area contributed by atoms with Gasteiger partial charge < -0.3 is 16.0 Å². The van der Waals surface area contributed by atoms with Crippen molar-refractivity contribution in [1.82, 2.24) is 20.4 Å². The van der Waals surface area contributed by atoms with E-state index in [1.165, 1.54) is 18.6 Å². The highest BCUT2D eigenvalue weighted by molar-refractivity contribution is 8.00. The summed E-state index contributed by atoms with van der Waals surface area (Å²) in [5.41, 5.74) is 1.81. The largest absolute Gasteiger partial charge is 0.357 e. The molecule has 1 fully saturated rings. The minimum Gasteiger partial charge on any atom is -0.357 e. The molecule has 2 heterocycles. The van der Waals surface area contributed by atoms with Gasteiger partial charge in [-0.05, 0) is 49.3 Å². The van der Waals surface area contributed by atoms with Crippen molar-refractivity contribution in [3.05, 3.63) is 48.3 Å². The van der Waals surface area contributed by atoms with Crippen LogP contribution >= 0.6 is 11.8 Å². The van der Waals surface area contributed by atoms with Gasteiger partial charge in [0.25, 0.3) is 0 Å². The number of hydrogen-bond donors (Lipinski definition) is 3. The van der Waals surface area contributed by atoms with E-state index in [-0.39, 0.29) is 12.5 Å². The molecule has 0 spiro atoms. The number of carbonyl (C=O) groups is 1. The molecular weight excluding hydrogens is 372 g/mol. The minimum atomic E-state index is -0.103. The van der Waals surface area contributed by atoms with Crippen LogP contribution in [0.3, 0.4) is 0 Å². The monoisotopic (exact) mass is 400 g/mol. The Balaban J connectivity index is 1.53. The second-order valence-electron chi connectivity index (χ2n) is 6.66. The van der Waals surface area contributed by atoms with Crippen LogP contribution in [0.15, 0.2) is 47.7 Å². The van der Waals surface area contributed by atoms with Crippen molar-refractivity contribution in [1.29, 1.82) is 0 Å². The van der Waals surface area contributed by atoms with Crippen molar-refractivity contribution < 1.29 is 4.79 Å². The maximum atomic E-state index is 12.1. The van der Waals surface area contributed by atoms with Gasteiger partial charge in [-0.2, -0.15) is 16.9 Å². The summed E-state index contributed by atoms with van der Waals surface area (Å²) in [5, 5.41) is 14.4. The maximum absolute atomic E-state index is 12.1. The van der Waals surface area contributed by atoms with Crippen LogP contribution in [0.5, 0.6) is 0 Å². The Bertz CT molecular complexity index is 771. The number of aromatic nitrogens is 2. The summed E-state index contributed by atoms with van der Waals surface area (Å²) >= 11 is 2.03. The topological polar surface area (TPSA) is 83.3 Å². The molecule has 0 bridgehead atoms. The number of carbonyl (C=O) groups excluding carboxylic acids is 1. The summed E-state index contributed by atoms with van der Waals surface area (Å²) in [7, 11) is 0. The molecule has 2 aromatic rings. The number of guanidine groups is 1. The number of rotatable bonds is 8. The molecule has 1 saturated heterocycles. The quantitative estimate of drug-likeness (QED) is 0.468. The highest BCUT2D eigenvalue weighted by Crippen LogP contribution is 2.25. The van der Waals surface area contributed by atoms with E-state index in [2.05, 4.69) is 33.0 Å². The van der Waals surface area contributed by atoms with Crippen LogP contribution in [0, 0.1) is 0 Å².